The third-order valence-corrected chi connectivity index (χ3v) is 5.77. The van der Waals surface area contributed by atoms with Gasteiger partial charge in [0.25, 0.3) is 17.7 Å². The van der Waals surface area contributed by atoms with Crippen LogP contribution in [0.2, 0.25) is 0 Å². The van der Waals surface area contributed by atoms with Crippen LogP contribution in [0, 0.1) is 0 Å². The first-order valence-electron chi connectivity index (χ1n) is 11.7. The third-order valence-electron chi connectivity index (χ3n) is 5.77. The fraction of sp³-hybridized carbons (Fsp3) is 0.222. The summed E-state index contributed by atoms with van der Waals surface area (Å²) in [5.41, 5.74) is 1.13. The molecule has 10 heteroatoms. The number of nitrogens with zero attached hydrogens (tertiary/aromatic N) is 2. The maximum atomic E-state index is 13.7. The minimum absolute atomic E-state index is 0.0268. The molecule has 10 nitrogen and oxygen atoms in total. The summed E-state index contributed by atoms with van der Waals surface area (Å²) in [6.07, 6.45) is 1.36. The average Bonchev–Trinajstić information content (AvgIpc) is 3.51. The molecule has 0 saturated heterocycles. The molecule has 1 N–H and O–H groups in total. The lowest BCUT2D eigenvalue weighted by atomic mass is 10.1. The largest absolute Gasteiger partial charge is 0.467 e. The van der Waals surface area contributed by atoms with Crippen molar-refractivity contribution < 1.29 is 33.1 Å². The van der Waals surface area contributed by atoms with Crippen LogP contribution in [0.15, 0.2) is 77.4 Å². The summed E-state index contributed by atoms with van der Waals surface area (Å²) in [6.45, 7) is 0.776. The third kappa shape index (κ3) is 5.58. The van der Waals surface area contributed by atoms with Crippen LogP contribution in [-0.4, -0.2) is 59.1 Å². The van der Waals surface area contributed by atoms with Crippen molar-refractivity contribution in [1.29, 1.82) is 0 Å². The zero-order valence-corrected chi connectivity index (χ0v) is 20.1. The van der Waals surface area contributed by atoms with Gasteiger partial charge in [-0.25, -0.2) is 0 Å². The quantitative estimate of drug-likeness (QED) is 0.332. The summed E-state index contributed by atoms with van der Waals surface area (Å²) in [5, 5.41) is 2.49. The minimum atomic E-state index is -1.28. The van der Waals surface area contributed by atoms with Crippen LogP contribution in [0.1, 0.15) is 45.0 Å². The van der Waals surface area contributed by atoms with Crippen LogP contribution in [0.25, 0.3) is 0 Å². The molecule has 1 unspecified atom stereocenters. The van der Waals surface area contributed by atoms with E-state index >= 15 is 0 Å². The summed E-state index contributed by atoms with van der Waals surface area (Å²) in [6, 6.07) is 17.1. The van der Waals surface area contributed by atoms with E-state index in [9.17, 15) is 24.0 Å². The van der Waals surface area contributed by atoms with Gasteiger partial charge in [0.05, 0.1) is 24.0 Å². The molecule has 0 fully saturated rings. The smallest absolute Gasteiger partial charge is 0.325 e. The molecule has 0 spiro atoms. The van der Waals surface area contributed by atoms with Gasteiger partial charge in [-0.15, -0.1) is 0 Å². The van der Waals surface area contributed by atoms with Crippen molar-refractivity contribution in [2.75, 3.05) is 19.7 Å². The number of amides is 4. The highest BCUT2D eigenvalue weighted by molar-refractivity contribution is 6.22. The van der Waals surface area contributed by atoms with E-state index < -0.39 is 48.7 Å². The second kappa shape index (κ2) is 11.3. The molecule has 37 heavy (non-hydrogen) atoms. The van der Waals surface area contributed by atoms with Crippen LogP contribution >= 0.6 is 0 Å². The Labute approximate surface area is 212 Å². The molecule has 1 atom stereocenters. The molecule has 0 bridgehead atoms. The summed E-state index contributed by atoms with van der Waals surface area (Å²) in [5.74, 6) is -3.01. The van der Waals surface area contributed by atoms with Gasteiger partial charge in [0.15, 0.2) is 6.04 Å². The Balaban J connectivity index is 1.64. The number of hydrogen-bond donors (Lipinski definition) is 1. The fourth-order valence-corrected chi connectivity index (χ4v) is 4.05. The summed E-state index contributed by atoms with van der Waals surface area (Å²) < 4.78 is 10.4. The number of esters is 1. The van der Waals surface area contributed by atoms with Gasteiger partial charge in [-0.1, -0.05) is 42.5 Å². The average molecular weight is 504 g/mol. The van der Waals surface area contributed by atoms with Crippen molar-refractivity contribution >= 4 is 29.6 Å². The van der Waals surface area contributed by atoms with E-state index in [1.165, 1.54) is 29.4 Å². The predicted molar refractivity (Wildman–Crippen MR) is 130 cm³/mol. The van der Waals surface area contributed by atoms with Crippen LogP contribution < -0.4 is 5.32 Å². The molecule has 4 rings (SSSR count). The highest BCUT2D eigenvalue weighted by Gasteiger charge is 2.40. The number of ether oxygens (including phenoxy) is 1. The first-order valence-corrected chi connectivity index (χ1v) is 11.7. The molecule has 1 aliphatic rings. The number of hydrogen-bond acceptors (Lipinski definition) is 7. The number of nitrogens with one attached hydrogen (secondary N) is 1. The normalized spacial score (nSPS) is 13.2. The number of furan rings is 1. The first kappa shape index (κ1) is 25.4. The summed E-state index contributed by atoms with van der Waals surface area (Å²) >= 11 is 0. The van der Waals surface area contributed by atoms with E-state index in [1.54, 1.807) is 49.4 Å². The lowest BCUT2D eigenvalue weighted by Gasteiger charge is -2.31. The Morgan fingerprint density at radius 2 is 1.59 bits per heavy atom. The number of rotatable bonds is 10. The first-order chi connectivity index (χ1) is 17.9. The molecule has 4 amide bonds. The van der Waals surface area contributed by atoms with E-state index in [0.29, 0.717) is 5.56 Å². The van der Waals surface area contributed by atoms with Gasteiger partial charge in [0, 0.05) is 6.54 Å². The lowest BCUT2D eigenvalue weighted by molar-refractivity contribution is -0.146. The number of fused-ring (bicyclic) bond motifs is 1. The zero-order valence-electron chi connectivity index (χ0n) is 20.1. The Hall–Kier alpha value is -4.73. The van der Waals surface area contributed by atoms with Gasteiger partial charge in [-0.2, -0.15) is 0 Å². The molecule has 2 heterocycles. The number of imide groups is 1. The SMILES string of the molecule is CCOC(=O)CNC(=O)C(c1ccco1)N(Cc1ccccc1)C(=O)CN1C(=O)c2ccccc2C1=O. The molecule has 1 aromatic heterocycles. The maximum Gasteiger partial charge on any atom is 0.325 e. The Morgan fingerprint density at radius 1 is 0.946 bits per heavy atom. The summed E-state index contributed by atoms with van der Waals surface area (Å²) in [4.78, 5) is 66.7. The van der Waals surface area contributed by atoms with E-state index in [2.05, 4.69) is 5.32 Å². The van der Waals surface area contributed by atoms with E-state index in [-0.39, 0.29) is 30.0 Å². The standard InChI is InChI=1S/C27H25N3O7/c1-2-36-23(32)15-28-25(33)24(21-13-8-14-37-21)29(16-18-9-4-3-5-10-18)22(31)17-30-26(34)19-11-6-7-12-20(19)27(30)35/h3-14,24H,2,15-17H2,1H3,(H,28,33). The molecule has 190 valence electrons. The van der Waals surface area contributed by atoms with Gasteiger partial charge in [0.1, 0.15) is 18.8 Å². The van der Waals surface area contributed by atoms with Crippen molar-refractivity contribution in [3.63, 3.8) is 0 Å². The molecule has 0 saturated carbocycles. The molecular weight excluding hydrogens is 478 g/mol. The second-order valence-corrected chi connectivity index (χ2v) is 8.19. The minimum Gasteiger partial charge on any atom is -0.467 e. The monoisotopic (exact) mass is 503 g/mol. The van der Waals surface area contributed by atoms with E-state index in [1.807, 2.05) is 6.07 Å². The van der Waals surface area contributed by atoms with Gasteiger partial charge in [-0.05, 0) is 36.8 Å². The van der Waals surface area contributed by atoms with Crippen molar-refractivity contribution in [2.24, 2.45) is 0 Å². The van der Waals surface area contributed by atoms with Crippen LogP contribution in [-0.2, 0) is 25.7 Å². The van der Waals surface area contributed by atoms with Crippen molar-refractivity contribution in [2.45, 2.75) is 19.5 Å². The van der Waals surface area contributed by atoms with Crippen LogP contribution in [0.4, 0.5) is 0 Å². The second-order valence-electron chi connectivity index (χ2n) is 8.19. The van der Waals surface area contributed by atoms with Gasteiger partial charge in [0.2, 0.25) is 5.91 Å². The van der Waals surface area contributed by atoms with Crippen molar-refractivity contribution in [3.05, 3.63) is 95.4 Å². The van der Waals surface area contributed by atoms with Gasteiger partial charge in [-0.3, -0.25) is 28.9 Å². The molecule has 0 radical (unpaired) electrons. The Morgan fingerprint density at radius 3 is 2.19 bits per heavy atom. The van der Waals surface area contributed by atoms with Gasteiger partial charge >= 0.3 is 5.97 Å². The van der Waals surface area contributed by atoms with Crippen molar-refractivity contribution in [1.82, 2.24) is 15.1 Å². The summed E-state index contributed by atoms with van der Waals surface area (Å²) in [7, 11) is 0. The van der Waals surface area contributed by atoms with E-state index in [0.717, 1.165) is 4.90 Å². The predicted octanol–water partition coefficient (Wildman–Crippen LogP) is 2.32. The number of carbonyl (C=O) groups excluding carboxylic acids is 5. The molecule has 1 aliphatic heterocycles. The molecular formula is C27H25N3O7. The molecule has 2 aromatic carbocycles. The molecule has 0 aliphatic carbocycles. The van der Waals surface area contributed by atoms with Crippen LogP contribution in [0.5, 0.6) is 0 Å². The number of benzene rings is 2. The fourth-order valence-electron chi connectivity index (χ4n) is 4.05. The highest BCUT2D eigenvalue weighted by atomic mass is 16.5. The maximum absolute atomic E-state index is 13.7. The van der Waals surface area contributed by atoms with Gasteiger partial charge < -0.3 is 19.4 Å². The highest BCUT2D eigenvalue weighted by Crippen LogP contribution is 2.27. The topological polar surface area (TPSA) is 126 Å². The van der Waals surface area contributed by atoms with E-state index in [4.69, 9.17) is 9.15 Å². The van der Waals surface area contributed by atoms with Crippen LogP contribution in [0.3, 0.4) is 0 Å². The zero-order chi connectivity index (χ0) is 26.4. The number of carbonyl (C=O) groups is 5. The Bertz CT molecular complexity index is 1270. The van der Waals surface area contributed by atoms with Crippen molar-refractivity contribution in [3.8, 4) is 0 Å². The Kier molecular flexibility index (Phi) is 7.77. The lowest BCUT2D eigenvalue weighted by Crippen LogP contribution is -2.48. The molecule has 3 aromatic rings.